The van der Waals surface area contributed by atoms with E-state index in [4.69, 9.17) is 146 Å². The summed E-state index contributed by atoms with van der Waals surface area (Å²) in [6, 6.07) is 36.9. The van der Waals surface area contributed by atoms with Gasteiger partial charge in [0.1, 0.15) is 137 Å². The summed E-state index contributed by atoms with van der Waals surface area (Å²) in [5.41, 5.74) is 18.7. The molecule has 5 rings (SSSR count). The van der Waals surface area contributed by atoms with Crippen molar-refractivity contribution >= 4 is 11.9 Å². The van der Waals surface area contributed by atoms with Crippen molar-refractivity contribution in [2.24, 2.45) is 16.6 Å². The Hall–Kier alpha value is -8.41. The highest BCUT2D eigenvalue weighted by molar-refractivity contribution is 5.68. The Morgan fingerprint density at radius 2 is 0.461 bits per heavy atom. The molecule has 115 heavy (non-hydrogen) atoms. The molecule has 8 N–H and O–H groups in total. The second-order valence-corrected chi connectivity index (χ2v) is 22.6. The fourth-order valence-electron chi connectivity index (χ4n) is 8.01. The first-order valence-electron chi connectivity index (χ1n) is 37.9. The van der Waals surface area contributed by atoms with Crippen LogP contribution in [0.25, 0.3) is 10.4 Å². The van der Waals surface area contributed by atoms with Crippen LogP contribution < -0.4 is 69.5 Å². The second-order valence-electron chi connectivity index (χ2n) is 22.6. The van der Waals surface area contributed by atoms with Gasteiger partial charge in [0.25, 0.3) is 0 Å². The zero-order chi connectivity index (χ0) is 83.3. The lowest BCUT2D eigenvalue weighted by molar-refractivity contribution is -0.143. The second kappa shape index (κ2) is 82.1. The molecule has 0 bridgehead atoms. The van der Waals surface area contributed by atoms with E-state index in [-0.39, 0.29) is 26.4 Å². The zero-order valence-electron chi connectivity index (χ0n) is 67.7. The van der Waals surface area contributed by atoms with Gasteiger partial charge in [-0.25, -0.2) is 9.59 Å². The van der Waals surface area contributed by atoms with Gasteiger partial charge < -0.3 is 151 Å². The van der Waals surface area contributed by atoms with Gasteiger partial charge in [-0.3, -0.25) is 0 Å². The molecule has 0 aromatic heterocycles. The van der Waals surface area contributed by atoms with Crippen molar-refractivity contribution in [1.82, 2.24) is 10.6 Å². The van der Waals surface area contributed by atoms with Gasteiger partial charge in [-0.1, -0.05) is 5.11 Å². The van der Waals surface area contributed by atoms with E-state index < -0.39 is 11.9 Å². The highest BCUT2D eigenvalue weighted by Crippen LogP contribution is 2.22. The van der Waals surface area contributed by atoms with Gasteiger partial charge in [-0.15, -0.1) is 0 Å². The third-order valence-electron chi connectivity index (χ3n) is 13.5. The fourth-order valence-corrected chi connectivity index (χ4v) is 8.01. The van der Waals surface area contributed by atoms with E-state index in [9.17, 15) is 9.59 Å². The average Bonchev–Trinajstić information content (AvgIpc) is 0.943. The number of azide groups is 1. The van der Waals surface area contributed by atoms with Crippen LogP contribution in [0, 0.1) is 0 Å². The van der Waals surface area contributed by atoms with E-state index in [1.54, 1.807) is 21.3 Å². The molecule has 36 heteroatoms. The topological polar surface area (TPSA) is 430 Å². The first-order valence-corrected chi connectivity index (χ1v) is 37.9. The minimum absolute atomic E-state index is 0.243. The molecule has 0 spiro atoms. The average molecular weight is 1640 g/mol. The molecule has 652 valence electrons. The Labute approximate surface area is 676 Å². The summed E-state index contributed by atoms with van der Waals surface area (Å²) in [6.45, 7) is 19.7. The lowest BCUT2D eigenvalue weighted by Gasteiger charge is -2.09. The normalized spacial score (nSPS) is 10.5. The summed E-state index contributed by atoms with van der Waals surface area (Å²) in [5.74, 6) is 5.65. The van der Waals surface area contributed by atoms with Crippen molar-refractivity contribution in [3.05, 3.63) is 132 Å². The fraction of sp³-hybridized carbons (Fsp3) is 0.595. The minimum Gasteiger partial charge on any atom is -0.491 e. The molecule has 0 aliphatic carbocycles. The number of carboxylic acid groups (broad SMARTS) is 2. The van der Waals surface area contributed by atoms with Gasteiger partial charge in [0.05, 0.1) is 165 Å². The number of benzene rings is 5. The van der Waals surface area contributed by atoms with Crippen LogP contribution in [-0.4, -0.2) is 335 Å². The van der Waals surface area contributed by atoms with Crippen LogP contribution in [0.2, 0.25) is 0 Å². The van der Waals surface area contributed by atoms with Gasteiger partial charge in [0.2, 0.25) is 0 Å². The molecule has 5 aromatic carbocycles. The van der Waals surface area contributed by atoms with Crippen molar-refractivity contribution in [2.75, 3.05) is 313 Å². The number of nitrogens with two attached hydrogens (primary N) is 2. The predicted molar refractivity (Wildman–Crippen MR) is 428 cm³/mol. The Bertz CT molecular complexity index is 2930. The number of nitrogens with zero attached hydrogens (tertiary/aromatic N) is 3. The molecule has 5 aromatic rings. The highest BCUT2D eigenvalue weighted by Gasteiger charge is 2.06. The molecule has 0 aliphatic rings. The molecule has 0 atom stereocenters. The highest BCUT2D eigenvalue weighted by atomic mass is 16.6. The lowest BCUT2D eigenvalue weighted by Crippen LogP contribution is -2.16. The maximum absolute atomic E-state index is 10.2. The molecule has 0 aliphatic heterocycles. The molecule has 0 amide bonds. The van der Waals surface area contributed by atoms with Gasteiger partial charge in [-0.05, 0) is 141 Å². The van der Waals surface area contributed by atoms with Crippen molar-refractivity contribution in [1.29, 1.82) is 0 Å². The van der Waals surface area contributed by atoms with Crippen LogP contribution in [0.1, 0.15) is 0 Å². The van der Waals surface area contributed by atoms with Crippen LogP contribution in [-0.2, 0) is 80.6 Å². The molecular weight excluding hydrogens is 1510 g/mol. The van der Waals surface area contributed by atoms with Gasteiger partial charge in [0, 0.05) is 59.0 Å². The smallest absolute Gasteiger partial charge is 0.329 e. The first-order chi connectivity index (χ1) is 56.5. The third-order valence-corrected chi connectivity index (χ3v) is 13.5. The van der Waals surface area contributed by atoms with Crippen LogP contribution in [0.3, 0.4) is 0 Å². The third kappa shape index (κ3) is 70.7. The molecule has 0 unspecified atom stereocenters. The van der Waals surface area contributed by atoms with E-state index in [2.05, 4.69) is 20.7 Å². The molecule has 0 radical (unpaired) electrons. The Morgan fingerprint density at radius 1 is 0.287 bits per heavy atom. The molecular formula is C79H127N7O29. The van der Waals surface area contributed by atoms with Crippen molar-refractivity contribution in [3.8, 4) is 57.5 Å². The number of rotatable bonds is 72. The molecule has 0 heterocycles. The standard InChI is InChI=1S/C17H27NO7.C16H25NO7.C16H27NO5.C15H23N3O5.C15H25NO5/c1-18-6-7-21-10-12-24-15-2-4-16(5-3-15)25-13-11-22-8-9-23-14-17(19)20;17-5-6-20-9-11-23-14-1-3-15(4-2-14)24-12-10-21-7-8-22-13-16(18)19;1-17-7-8-19-11-13-21-15-3-5-16(6-4-15)22-14-12-20-10-9-18-2;1-19-8-9-21-11-13-23-15-4-2-14(3-5-15)22-12-10-20-7-6-17-18-16;1-17-8-9-19-11-13-21-15-4-2-14(3-5-15)20-12-10-18-7-6-16/h2-5,18H,6-14H2,1H3,(H,19,20);1-4H,5-13,17H2,(H,18,19);3-6,17H,7-14H2,1-2H3;2-5H,6-13H2,1H3;2-5H,6-13,16H2,1H3. The monoisotopic (exact) mass is 1640 g/mol. The SMILES string of the molecule is CNCCOCCOc1ccc(OCCOCCOC)cc1.CNCCOCCOc1ccc(OCCOCCOCC(=O)O)cc1.COCCOCCOc1ccc(OCCOCCN)cc1.COCCOCCOc1ccc(OCCOCCN=[N+]=[N-])cc1.NCCOCCOc1ccc(OCCOCCOCC(=O)O)cc1. The van der Waals surface area contributed by atoms with Crippen molar-refractivity contribution in [3.63, 3.8) is 0 Å². The van der Waals surface area contributed by atoms with Gasteiger partial charge in [0.15, 0.2) is 0 Å². The molecule has 0 saturated heterocycles. The summed E-state index contributed by atoms with van der Waals surface area (Å²) in [4.78, 5) is 23.1. The number of nitrogens with one attached hydrogen (secondary N) is 2. The largest absolute Gasteiger partial charge is 0.491 e. The summed E-state index contributed by atoms with van der Waals surface area (Å²) < 4.78 is 133. The van der Waals surface area contributed by atoms with Crippen LogP contribution >= 0.6 is 0 Å². The number of hydrogen-bond acceptors (Lipinski definition) is 32. The number of methoxy groups -OCH3 is 3. The number of likely N-dealkylation sites (N-methyl/N-ethyl adjacent to an activating group) is 2. The number of carbonyl (C=O) groups is 2. The van der Waals surface area contributed by atoms with Crippen LogP contribution in [0.4, 0.5) is 0 Å². The van der Waals surface area contributed by atoms with Gasteiger partial charge >= 0.3 is 11.9 Å². The van der Waals surface area contributed by atoms with E-state index in [1.165, 1.54) is 0 Å². The van der Waals surface area contributed by atoms with Crippen molar-refractivity contribution in [2.45, 2.75) is 0 Å². The van der Waals surface area contributed by atoms with E-state index in [0.717, 1.165) is 64.8 Å². The maximum Gasteiger partial charge on any atom is 0.329 e. The Morgan fingerprint density at radius 3 is 0.643 bits per heavy atom. The zero-order valence-corrected chi connectivity index (χ0v) is 67.7. The Balaban J connectivity index is 0.000000720. The first kappa shape index (κ1) is 105. The minimum atomic E-state index is -0.992. The van der Waals surface area contributed by atoms with Crippen molar-refractivity contribution < 1.29 is 138 Å². The Kier molecular flexibility index (Phi) is 74.7. The molecule has 0 fully saturated rings. The van der Waals surface area contributed by atoms with E-state index >= 15 is 0 Å². The predicted octanol–water partition coefficient (Wildman–Crippen LogP) is 6.20. The quantitative estimate of drug-likeness (QED) is 0.0109. The lowest BCUT2D eigenvalue weighted by atomic mass is 10.3. The molecule has 0 saturated carbocycles. The van der Waals surface area contributed by atoms with Gasteiger partial charge in [-0.2, -0.15) is 0 Å². The number of aliphatic carboxylic acids is 2. The summed E-state index contributed by atoms with van der Waals surface area (Å²) in [6.07, 6.45) is 0. The van der Waals surface area contributed by atoms with Crippen LogP contribution in [0.5, 0.6) is 57.5 Å². The van der Waals surface area contributed by atoms with E-state index in [0.29, 0.717) is 243 Å². The summed E-state index contributed by atoms with van der Waals surface area (Å²) >= 11 is 0. The summed E-state index contributed by atoms with van der Waals surface area (Å²) in [7, 11) is 8.71. The summed E-state index contributed by atoms with van der Waals surface area (Å²) in [5, 5.41) is 26.2. The number of ether oxygens (including phenoxy) is 25. The van der Waals surface area contributed by atoms with Crippen LogP contribution in [0.15, 0.2) is 126 Å². The maximum atomic E-state index is 10.2. The number of carboxylic acids is 2. The molecule has 36 nitrogen and oxygen atoms in total. The number of hydrogen-bond donors (Lipinski definition) is 6. The van der Waals surface area contributed by atoms with E-state index in [1.807, 2.05) is 135 Å².